The van der Waals surface area contributed by atoms with Gasteiger partial charge < -0.3 is 4.90 Å². The largest absolute Gasteiger partial charge is 0.336 e. The van der Waals surface area contributed by atoms with Gasteiger partial charge in [-0.2, -0.15) is 0 Å². The normalized spacial score (nSPS) is 23.1. The molecule has 0 bridgehead atoms. The van der Waals surface area contributed by atoms with Gasteiger partial charge in [0.1, 0.15) is 0 Å². The SMILES string of the molecule is CN=C(NN)N1CCCC(F)(F)C1. The third-order valence-electron chi connectivity index (χ3n) is 2.03. The highest BCUT2D eigenvalue weighted by Crippen LogP contribution is 2.26. The molecule has 1 aliphatic heterocycles. The monoisotopic (exact) mass is 192 g/mol. The maximum absolute atomic E-state index is 12.9. The molecule has 0 spiro atoms. The van der Waals surface area contributed by atoms with Crippen molar-refractivity contribution in [2.24, 2.45) is 10.8 Å². The minimum absolute atomic E-state index is 0.0505. The van der Waals surface area contributed by atoms with Crippen molar-refractivity contribution in [1.29, 1.82) is 0 Å². The first-order valence-corrected chi connectivity index (χ1v) is 4.15. The fourth-order valence-corrected chi connectivity index (χ4v) is 1.44. The number of halogens is 2. The number of likely N-dealkylation sites (tertiary alicyclic amines) is 1. The summed E-state index contributed by atoms with van der Waals surface area (Å²) in [4.78, 5) is 5.23. The number of piperidine rings is 1. The molecule has 0 aromatic rings. The van der Waals surface area contributed by atoms with E-state index in [1.165, 1.54) is 11.9 Å². The molecule has 3 N–H and O–H groups in total. The first-order chi connectivity index (χ1) is 6.09. The highest BCUT2D eigenvalue weighted by atomic mass is 19.3. The van der Waals surface area contributed by atoms with Crippen LogP contribution in [0.25, 0.3) is 0 Å². The van der Waals surface area contributed by atoms with Crippen molar-refractivity contribution in [2.45, 2.75) is 18.8 Å². The zero-order valence-corrected chi connectivity index (χ0v) is 7.56. The second-order valence-electron chi connectivity index (χ2n) is 3.07. The summed E-state index contributed by atoms with van der Waals surface area (Å²) in [5.74, 6) is 2.83. The van der Waals surface area contributed by atoms with Crippen molar-refractivity contribution in [2.75, 3.05) is 20.1 Å². The van der Waals surface area contributed by atoms with Crippen molar-refractivity contribution in [1.82, 2.24) is 10.3 Å². The van der Waals surface area contributed by atoms with Gasteiger partial charge in [-0.15, -0.1) is 0 Å². The lowest BCUT2D eigenvalue weighted by Crippen LogP contribution is -2.52. The number of nitrogens with zero attached hydrogens (tertiary/aromatic N) is 2. The Balaban J connectivity index is 2.61. The molecule has 1 heterocycles. The zero-order valence-electron chi connectivity index (χ0n) is 7.56. The number of alkyl halides is 2. The molecule has 1 saturated heterocycles. The van der Waals surface area contributed by atoms with E-state index < -0.39 is 5.92 Å². The van der Waals surface area contributed by atoms with Crippen LogP contribution in [-0.4, -0.2) is 36.9 Å². The van der Waals surface area contributed by atoms with E-state index in [1.54, 1.807) is 0 Å². The van der Waals surface area contributed by atoms with E-state index in [4.69, 9.17) is 5.84 Å². The average molecular weight is 192 g/mol. The Hall–Kier alpha value is -0.910. The zero-order chi connectivity index (χ0) is 9.90. The van der Waals surface area contributed by atoms with Gasteiger partial charge in [0.25, 0.3) is 5.92 Å². The molecule has 6 heteroatoms. The van der Waals surface area contributed by atoms with Crippen molar-refractivity contribution in [3.63, 3.8) is 0 Å². The molecule has 0 aromatic carbocycles. The first-order valence-electron chi connectivity index (χ1n) is 4.15. The average Bonchev–Trinajstić information content (AvgIpc) is 2.05. The van der Waals surface area contributed by atoms with Crippen LogP contribution in [0.1, 0.15) is 12.8 Å². The number of hydrazine groups is 1. The van der Waals surface area contributed by atoms with Gasteiger partial charge in [-0.05, 0) is 6.42 Å². The summed E-state index contributed by atoms with van der Waals surface area (Å²) in [5, 5.41) is 0. The Labute approximate surface area is 75.8 Å². The van der Waals surface area contributed by atoms with Gasteiger partial charge >= 0.3 is 0 Å². The number of nitrogens with two attached hydrogens (primary N) is 1. The standard InChI is InChI=1S/C7H14F2N4/c1-11-6(12-10)13-4-2-3-7(8,9)5-13/h2-5,10H2,1H3,(H,11,12). The van der Waals surface area contributed by atoms with Crippen molar-refractivity contribution < 1.29 is 8.78 Å². The van der Waals surface area contributed by atoms with Gasteiger partial charge in [0.15, 0.2) is 0 Å². The molecule has 0 saturated carbocycles. The minimum atomic E-state index is -2.62. The van der Waals surface area contributed by atoms with E-state index in [9.17, 15) is 8.78 Å². The van der Waals surface area contributed by atoms with Crippen LogP contribution in [-0.2, 0) is 0 Å². The summed E-state index contributed by atoms with van der Waals surface area (Å²) in [6.45, 7) is 0.274. The molecule has 1 fully saturated rings. The molecule has 0 atom stereocenters. The maximum atomic E-state index is 12.9. The third kappa shape index (κ3) is 2.51. The van der Waals surface area contributed by atoms with Gasteiger partial charge in [-0.3, -0.25) is 10.4 Å². The molecular weight excluding hydrogens is 178 g/mol. The van der Waals surface area contributed by atoms with Crippen molar-refractivity contribution in [3.8, 4) is 0 Å². The summed E-state index contributed by atoms with van der Waals surface area (Å²) in [5.41, 5.74) is 2.30. The molecule has 76 valence electrons. The van der Waals surface area contributed by atoms with Crippen LogP contribution in [0.15, 0.2) is 4.99 Å². The number of hydrogen-bond donors (Lipinski definition) is 2. The molecule has 1 aliphatic rings. The Kier molecular flexibility index (Phi) is 3.02. The second kappa shape index (κ2) is 3.87. The fourth-order valence-electron chi connectivity index (χ4n) is 1.44. The van der Waals surface area contributed by atoms with Crippen LogP contribution in [0.3, 0.4) is 0 Å². The Morgan fingerprint density at radius 2 is 2.31 bits per heavy atom. The number of hydrogen-bond acceptors (Lipinski definition) is 2. The van der Waals surface area contributed by atoms with Gasteiger partial charge in [0.2, 0.25) is 5.96 Å². The summed E-state index contributed by atoms with van der Waals surface area (Å²) in [6, 6.07) is 0. The molecule has 13 heavy (non-hydrogen) atoms. The van der Waals surface area contributed by atoms with E-state index in [0.29, 0.717) is 18.9 Å². The molecule has 0 radical (unpaired) electrons. The van der Waals surface area contributed by atoms with Crippen LogP contribution in [0.4, 0.5) is 8.78 Å². The summed E-state index contributed by atoms with van der Waals surface area (Å²) >= 11 is 0. The van der Waals surface area contributed by atoms with Crippen LogP contribution in [0.2, 0.25) is 0 Å². The van der Waals surface area contributed by atoms with E-state index in [0.717, 1.165) is 0 Å². The third-order valence-corrected chi connectivity index (χ3v) is 2.03. The van der Waals surface area contributed by atoms with Crippen LogP contribution in [0, 0.1) is 0 Å². The van der Waals surface area contributed by atoms with E-state index in [2.05, 4.69) is 10.4 Å². The van der Waals surface area contributed by atoms with Crippen LogP contribution < -0.4 is 11.3 Å². The van der Waals surface area contributed by atoms with Gasteiger partial charge in [0, 0.05) is 20.0 Å². The highest BCUT2D eigenvalue weighted by molar-refractivity contribution is 5.79. The summed E-state index contributed by atoms with van der Waals surface area (Å²) in [6.07, 6.45) is 0.415. The van der Waals surface area contributed by atoms with E-state index >= 15 is 0 Å². The second-order valence-corrected chi connectivity index (χ2v) is 3.07. The molecule has 0 aromatic heterocycles. The maximum Gasteiger partial charge on any atom is 0.265 e. The Morgan fingerprint density at radius 3 is 2.77 bits per heavy atom. The van der Waals surface area contributed by atoms with E-state index in [1.807, 2.05) is 0 Å². The molecule has 0 amide bonds. The number of guanidine groups is 1. The molecule has 0 unspecified atom stereocenters. The predicted octanol–water partition coefficient (Wildman–Crippen LogP) is 0.167. The Bertz CT molecular complexity index is 205. The Morgan fingerprint density at radius 1 is 1.62 bits per heavy atom. The predicted molar refractivity (Wildman–Crippen MR) is 46.4 cm³/mol. The topological polar surface area (TPSA) is 53.6 Å². The number of aliphatic imine (C=N–C) groups is 1. The summed E-state index contributed by atoms with van der Waals surface area (Å²) < 4.78 is 25.8. The highest BCUT2D eigenvalue weighted by Gasteiger charge is 2.36. The number of nitrogens with one attached hydrogen (secondary N) is 1. The van der Waals surface area contributed by atoms with Crippen molar-refractivity contribution in [3.05, 3.63) is 0 Å². The number of rotatable bonds is 0. The van der Waals surface area contributed by atoms with E-state index in [-0.39, 0.29) is 13.0 Å². The minimum Gasteiger partial charge on any atom is -0.336 e. The fraction of sp³-hybridized carbons (Fsp3) is 0.857. The van der Waals surface area contributed by atoms with Gasteiger partial charge in [-0.1, -0.05) is 0 Å². The first kappa shape index (κ1) is 10.2. The van der Waals surface area contributed by atoms with Gasteiger partial charge in [0.05, 0.1) is 6.54 Å². The summed E-state index contributed by atoms with van der Waals surface area (Å²) in [7, 11) is 1.52. The smallest absolute Gasteiger partial charge is 0.265 e. The lowest BCUT2D eigenvalue weighted by Gasteiger charge is -2.33. The van der Waals surface area contributed by atoms with Crippen molar-refractivity contribution >= 4 is 5.96 Å². The molecular formula is C7H14F2N4. The quantitative estimate of drug-likeness (QED) is 0.249. The van der Waals surface area contributed by atoms with Crippen LogP contribution in [0.5, 0.6) is 0 Å². The molecule has 0 aliphatic carbocycles. The molecule has 4 nitrogen and oxygen atoms in total. The lowest BCUT2D eigenvalue weighted by atomic mass is 10.1. The molecule has 1 rings (SSSR count). The lowest BCUT2D eigenvalue weighted by molar-refractivity contribution is -0.0474. The van der Waals surface area contributed by atoms with Crippen LogP contribution >= 0.6 is 0 Å². The van der Waals surface area contributed by atoms with Gasteiger partial charge in [-0.25, -0.2) is 14.6 Å².